The highest BCUT2D eigenvalue weighted by Crippen LogP contribution is 2.25. The first-order valence-corrected chi connectivity index (χ1v) is 8.56. The molecule has 0 bridgehead atoms. The van der Waals surface area contributed by atoms with Crippen LogP contribution in [0.5, 0.6) is 0 Å². The van der Waals surface area contributed by atoms with Gasteiger partial charge in [0.1, 0.15) is 0 Å². The summed E-state index contributed by atoms with van der Waals surface area (Å²) >= 11 is 1.38. The Kier molecular flexibility index (Phi) is 4.71. The maximum Gasteiger partial charge on any atom is 0.230 e. The number of carbonyl (C=O) groups excluding carboxylic acids is 3. The average molecular weight is 343 g/mol. The topological polar surface area (TPSA) is 79.4 Å². The lowest BCUT2D eigenvalue weighted by Crippen LogP contribution is -2.23. The summed E-state index contributed by atoms with van der Waals surface area (Å²) in [6.45, 7) is 2.19. The minimum atomic E-state index is -0.185. The molecule has 1 aliphatic rings. The second-order valence-corrected chi connectivity index (χ2v) is 6.47. The molecular weight excluding hydrogens is 326 g/mol. The molecule has 0 atom stereocenters. The molecule has 6 nitrogen and oxygen atoms in total. The van der Waals surface area contributed by atoms with E-state index >= 15 is 0 Å². The molecule has 1 aliphatic heterocycles. The van der Waals surface area contributed by atoms with Crippen molar-refractivity contribution in [3.63, 3.8) is 0 Å². The molecule has 2 heterocycles. The van der Waals surface area contributed by atoms with E-state index in [-0.39, 0.29) is 24.0 Å². The van der Waals surface area contributed by atoms with Gasteiger partial charge in [-0.15, -0.1) is 11.3 Å². The van der Waals surface area contributed by atoms with Crippen molar-refractivity contribution in [2.75, 3.05) is 16.8 Å². The first-order valence-electron chi connectivity index (χ1n) is 7.68. The molecule has 2 aromatic rings. The van der Waals surface area contributed by atoms with Crippen LogP contribution in [0.1, 0.15) is 35.8 Å². The molecule has 0 saturated carbocycles. The summed E-state index contributed by atoms with van der Waals surface area (Å²) in [5.74, 6) is -0.111. The quantitative estimate of drug-likeness (QED) is 0.847. The minimum absolute atomic E-state index is 0.0145. The predicted octanol–water partition coefficient (Wildman–Crippen LogP) is 2.65. The molecule has 0 radical (unpaired) electrons. The normalized spacial score (nSPS) is 14.0. The third-order valence-electron chi connectivity index (χ3n) is 3.76. The van der Waals surface area contributed by atoms with Crippen molar-refractivity contribution in [2.24, 2.45) is 0 Å². The molecule has 7 heteroatoms. The number of hydrogen-bond acceptors (Lipinski definition) is 5. The van der Waals surface area contributed by atoms with Gasteiger partial charge in [-0.25, -0.2) is 4.98 Å². The van der Waals surface area contributed by atoms with Crippen molar-refractivity contribution in [1.82, 2.24) is 4.98 Å². The molecule has 24 heavy (non-hydrogen) atoms. The fourth-order valence-electron chi connectivity index (χ4n) is 2.51. The van der Waals surface area contributed by atoms with Gasteiger partial charge in [-0.2, -0.15) is 0 Å². The van der Waals surface area contributed by atoms with E-state index in [9.17, 15) is 14.4 Å². The zero-order valence-corrected chi connectivity index (χ0v) is 14.1. The summed E-state index contributed by atoms with van der Waals surface area (Å²) in [7, 11) is 0. The van der Waals surface area contributed by atoms with Gasteiger partial charge < -0.3 is 5.32 Å². The molecular formula is C17H17N3O3S. The number of ketones is 1. The van der Waals surface area contributed by atoms with E-state index in [4.69, 9.17) is 0 Å². The highest BCUT2D eigenvalue weighted by Gasteiger charge is 2.24. The number of rotatable bonds is 5. The Hall–Kier alpha value is -2.54. The Morgan fingerprint density at radius 3 is 2.67 bits per heavy atom. The van der Waals surface area contributed by atoms with E-state index in [0.717, 1.165) is 6.42 Å². The van der Waals surface area contributed by atoms with Crippen molar-refractivity contribution in [1.29, 1.82) is 0 Å². The molecule has 3 rings (SSSR count). The maximum absolute atomic E-state index is 12.1. The van der Waals surface area contributed by atoms with Gasteiger partial charge in [0, 0.05) is 29.6 Å². The second kappa shape index (κ2) is 6.92. The average Bonchev–Trinajstić information content (AvgIpc) is 3.16. The Bertz CT molecular complexity index is 783. The van der Waals surface area contributed by atoms with Crippen molar-refractivity contribution in [3.05, 3.63) is 40.9 Å². The van der Waals surface area contributed by atoms with Crippen LogP contribution in [0.4, 0.5) is 10.8 Å². The number of aromatic nitrogens is 1. The van der Waals surface area contributed by atoms with Crippen LogP contribution in [0, 0.1) is 0 Å². The van der Waals surface area contributed by atoms with Gasteiger partial charge in [0.25, 0.3) is 0 Å². The van der Waals surface area contributed by atoms with Gasteiger partial charge >= 0.3 is 0 Å². The van der Waals surface area contributed by atoms with E-state index in [1.807, 2.05) is 0 Å². The second-order valence-electron chi connectivity index (χ2n) is 5.63. The molecule has 1 saturated heterocycles. The summed E-state index contributed by atoms with van der Waals surface area (Å²) < 4.78 is 0. The van der Waals surface area contributed by atoms with Crippen LogP contribution >= 0.6 is 11.3 Å². The summed E-state index contributed by atoms with van der Waals surface area (Å²) in [4.78, 5) is 41.1. The van der Waals surface area contributed by atoms with Gasteiger partial charge in [0.15, 0.2) is 10.9 Å². The molecule has 0 unspecified atom stereocenters. The van der Waals surface area contributed by atoms with Crippen molar-refractivity contribution in [3.8, 4) is 0 Å². The number of hydrogen-bond donors (Lipinski definition) is 1. The smallest absolute Gasteiger partial charge is 0.230 e. The summed E-state index contributed by atoms with van der Waals surface area (Å²) in [6, 6.07) is 6.75. The van der Waals surface area contributed by atoms with Crippen LogP contribution in [-0.2, 0) is 16.0 Å². The lowest BCUT2D eigenvalue weighted by molar-refractivity contribution is -0.117. The van der Waals surface area contributed by atoms with Gasteiger partial charge in [0.05, 0.1) is 12.1 Å². The number of carbonyl (C=O) groups is 3. The number of Topliss-reactive ketones (excluding diaryl/α,β-unsaturated/α-hetero) is 1. The Balaban J connectivity index is 1.59. The zero-order valence-electron chi connectivity index (χ0n) is 13.2. The van der Waals surface area contributed by atoms with Crippen LogP contribution in [0.3, 0.4) is 0 Å². The standard InChI is InChI=1S/C17H17N3O3S/c1-11(21)12-4-6-13(7-5-12)18-15(22)9-14-10-24-17(19-14)20-8-2-3-16(20)23/h4-7,10H,2-3,8-9H2,1H3,(H,18,22). The Labute approximate surface area is 143 Å². The molecule has 1 fully saturated rings. The van der Waals surface area contributed by atoms with Gasteiger partial charge in [0.2, 0.25) is 11.8 Å². The van der Waals surface area contributed by atoms with Gasteiger partial charge in [-0.3, -0.25) is 19.3 Å². The van der Waals surface area contributed by atoms with Crippen LogP contribution in [0.2, 0.25) is 0 Å². The Morgan fingerprint density at radius 2 is 2.04 bits per heavy atom. The van der Waals surface area contributed by atoms with Gasteiger partial charge in [-0.1, -0.05) is 0 Å². The first kappa shape index (κ1) is 16.3. The minimum Gasteiger partial charge on any atom is -0.326 e. The Morgan fingerprint density at radius 1 is 1.29 bits per heavy atom. The van der Waals surface area contributed by atoms with Gasteiger partial charge in [-0.05, 0) is 37.6 Å². The number of nitrogens with one attached hydrogen (secondary N) is 1. The monoisotopic (exact) mass is 343 g/mol. The number of thiazole rings is 1. The largest absolute Gasteiger partial charge is 0.326 e. The predicted molar refractivity (Wildman–Crippen MR) is 92.5 cm³/mol. The number of nitrogens with zero attached hydrogens (tertiary/aromatic N) is 2. The third kappa shape index (κ3) is 3.68. The highest BCUT2D eigenvalue weighted by molar-refractivity contribution is 7.14. The first-order chi connectivity index (χ1) is 11.5. The van der Waals surface area contributed by atoms with Crippen molar-refractivity contribution < 1.29 is 14.4 Å². The summed E-state index contributed by atoms with van der Waals surface area (Å²) in [5.41, 5.74) is 1.88. The highest BCUT2D eigenvalue weighted by atomic mass is 32.1. The van der Waals surface area contributed by atoms with E-state index in [1.54, 1.807) is 34.5 Å². The third-order valence-corrected chi connectivity index (χ3v) is 4.67. The molecule has 0 aliphatic carbocycles. The van der Waals surface area contributed by atoms with Crippen LogP contribution in [0.25, 0.3) is 0 Å². The number of benzene rings is 1. The number of anilines is 2. The van der Waals surface area contributed by atoms with Crippen LogP contribution < -0.4 is 10.2 Å². The maximum atomic E-state index is 12.1. The van der Waals surface area contributed by atoms with Crippen LogP contribution in [0.15, 0.2) is 29.6 Å². The molecule has 1 aromatic carbocycles. The fourth-order valence-corrected chi connectivity index (χ4v) is 3.38. The molecule has 2 amide bonds. The molecule has 1 aromatic heterocycles. The van der Waals surface area contributed by atoms with E-state index < -0.39 is 0 Å². The van der Waals surface area contributed by atoms with E-state index in [0.29, 0.717) is 35.0 Å². The molecule has 0 spiro atoms. The van der Waals surface area contributed by atoms with Crippen molar-refractivity contribution in [2.45, 2.75) is 26.2 Å². The zero-order chi connectivity index (χ0) is 17.1. The summed E-state index contributed by atoms with van der Waals surface area (Å²) in [5, 5.41) is 5.24. The summed E-state index contributed by atoms with van der Waals surface area (Å²) in [6.07, 6.45) is 1.56. The lowest BCUT2D eigenvalue weighted by atomic mass is 10.1. The van der Waals surface area contributed by atoms with E-state index in [2.05, 4.69) is 10.3 Å². The van der Waals surface area contributed by atoms with Crippen molar-refractivity contribution >= 4 is 39.8 Å². The van der Waals surface area contributed by atoms with Crippen LogP contribution in [-0.4, -0.2) is 29.1 Å². The lowest BCUT2D eigenvalue weighted by Gasteiger charge is -2.10. The van der Waals surface area contributed by atoms with E-state index in [1.165, 1.54) is 18.3 Å². The SMILES string of the molecule is CC(=O)c1ccc(NC(=O)Cc2csc(N3CCCC3=O)n2)cc1. The number of amides is 2. The fraction of sp³-hybridized carbons (Fsp3) is 0.294. The molecule has 1 N–H and O–H groups in total. The molecule has 124 valence electrons.